The van der Waals surface area contributed by atoms with Crippen LogP contribution in [0, 0.1) is 5.92 Å². The number of nitrogens with one attached hydrogen (secondary N) is 1. The van der Waals surface area contributed by atoms with Crippen LogP contribution in [-0.4, -0.2) is 49.5 Å². The molecule has 0 aromatic carbocycles. The van der Waals surface area contributed by atoms with Crippen molar-refractivity contribution in [3.8, 4) is 0 Å². The van der Waals surface area contributed by atoms with E-state index in [9.17, 15) is 0 Å². The number of hydrogen-bond donors (Lipinski definition) is 1. The van der Waals surface area contributed by atoms with Gasteiger partial charge in [-0.3, -0.25) is 0 Å². The first-order valence-electron chi connectivity index (χ1n) is 7.39. The van der Waals surface area contributed by atoms with Gasteiger partial charge in [0.2, 0.25) is 0 Å². The fourth-order valence-corrected chi connectivity index (χ4v) is 4.66. The highest BCUT2D eigenvalue weighted by Crippen LogP contribution is 2.34. The van der Waals surface area contributed by atoms with Gasteiger partial charge in [-0.1, -0.05) is 0 Å². The van der Waals surface area contributed by atoms with Crippen LogP contribution in [0.3, 0.4) is 0 Å². The van der Waals surface area contributed by atoms with Gasteiger partial charge in [-0.05, 0) is 56.1 Å². The van der Waals surface area contributed by atoms with Gasteiger partial charge in [0.1, 0.15) is 0 Å². The minimum atomic E-state index is 0.137. The van der Waals surface area contributed by atoms with Crippen LogP contribution in [0.25, 0.3) is 0 Å². The first-order valence-corrected chi connectivity index (χ1v) is 8.55. The maximum Gasteiger partial charge on any atom is 0.0741 e. The predicted octanol–water partition coefficient (Wildman–Crippen LogP) is 2.06. The Morgan fingerprint density at radius 1 is 1.17 bits per heavy atom. The van der Waals surface area contributed by atoms with Gasteiger partial charge in [-0.25, -0.2) is 0 Å². The Balaban J connectivity index is 1.47. The summed E-state index contributed by atoms with van der Waals surface area (Å²) >= 11 is 2.11. The van der Waals surface area contributed by atoms with E-state index < -0.39 is 0 Å². The summed E-state index contributed by atoms with van der Waals surface area (Å²) in [6.07, 6.45) is 5.95. The molecular formula is C14H25NO2S. The minimum absolute atomic E-state index is 0.137. The van der Waals surface area contributed by atoms with Crippen LogP contribution in [0.1, 0.15) is 32.1 Å². The van der Waals surface area contributed by atoms with Crippen molar-refractivity contribution in [1.82, 2.24) is 5.32 Å². The Morgan fingerprint density at radius 2 is 2.06 bits per heavy atom. The molecule has 0 saturated carbocycles. The third kappa shape index (κ3) is 3.21. The third-order valence-electron chi connectivity index (χ3n) is 4.62. The van der Waals surface area contributed by atoms with Crippen LogP contribution in [0.4, 0.5) is 0 Å². The standard InChI is InChI=1S/C14H25NO2S/c1-5-17-14(3-6-16-7-4-14)9-13(1)15-10-12-2-8-18-11-12/h12-13,15H,1-11H2. The van der Waals surface area contributed by atoms with Crippen molar-refractivity contribution < 1.29 is 9.47 Å². The smallest absolute Gasteiger partial charge is 0.0741 e. The van der Waals surface area contributed by atoms with Crippen molar-refractivity contribution in [3.05, 3.63) is 0 Å². The lowest BCUT2D eigenvalue weighted by atomic mass is 9.84. The summed E-state index contributed by atoms with van der Waals surface area (Å²) in [6, 6.07) is 0.669. The number of hydrogen-bond acceptors (Lipinski definition) is 4. The Hall–Kier alpha value is 0.230. The molecule has 0 aromatic rings. The Kier molecular flexibility index (Phi) is 4.50. The van der Waals surface area contributed by atoms with Crippen LogP contribution in [0.2, 0.25) is 0 Å². The summed E-state index contributed by atoms with van der Waals surface area (Å²) in [5, 5.41) is 3.80. The van der Waals surface area contributed by atoms with Gasteiger partial charge in [0.15, 0.2) is 0 Å². The second-order valence-corrected chi connectivity index (χ2v) is 7.12. The van der Waals surface area contributed by atoms with Crippen molar-refractivity contribution in [2.24, 2.45) is 5.92 Å². The topological polar surface area (TPSA) is 30.5 Å². The zero-order valence-corrected chi connectivity index (χ0v) is 12.0. The predicted molar refractivity (Wildman–Crippen MR) is 75.2 cm³/mol. The summed E-state index contributed by atoms with van der Waals surface area (Å²) in [4.78, 5) is 0. The van der Waals surface area contributed by atoms with Crippen molar-refractivity contribution in [3.63, 3.8) is 0 Å². The first-order chi connectivity index (χ1) is 8.86. The van der Waals surface area contributed by atoms with E-state index in [-0.39, 0.29) is 5.60 Å². The lowest BCUT2D eigenvalue weighted by molar-refractivity contribution is -0.140. The molecule has 3 heterocycles. The molecule has 1 N–H and O–H groups in total. The van der Waals surface area contributed by atoms with Gasteiger partial charge in [0, 0.05) is 25.9 Å². The van der Waals surface area contributed by atoms with E-state index >= 15 is 0 Å². The average molecular weight is 271 g/mol. The number of thioether (sulfide) groups is 1. The molecule has 3 aliphatic rings. The van der Waals surface area contributed by atoms with Crippen LogP contribution in [0.15, 0.2) is 0 Å². The molecule has 3 rings (SSSR count). The SMILES string of the molecule is C1CC2(CCO1)CC(NCC1CCSC1)CCO2. The molecule has 18 heavy (non-hydrogen) atoms. The van der Waals surface area contributed by atoms with Crippen molar-refractivity contribution in [2.45, 2.75) is 43.7 Å². The van der Waals surface area contributed by atoms with Crippen molar-refractivity contribution >= 4 is 11.8 Å². The summed E-state index contributed by atoms with van der Waals surface area (Å²) in [7, 11) is 0. The molecule has 2 unspecified atom stereocenters. The molecule has 1 spiro atoms. The molecule has 0 aromatic heterocycles. The maximum absolute atomic E-state index is 6.08. The normalized spacial score (nSPS) is 36.0. The number of rotatable bonds is 3. The molecule has 0 amide bonds. The van der Waals surface area contributed by atoms with Gasteiger partial charge >= 0.3 is 0 Å². The molecule has 0 aliphatic carbocycles. The average Bonchev–Trinajstić information content (AvgIpc) is 2.91. The molecule has 0 bridgehead atoms. The highest BCUT2D eigenvalue weighted by atomic mass is 32.2. The maximum atomic E-state index is 6.08. The van der Waals surface area contributed by atoms with Crippen LogP contribution < -0.4 is 5.32 Å². The van der Waals surface area contributed by atoms with Crippen LogP contribution in [0.5, 0.6) is 0 Å². The molecule has 3 fully saturated rings. The molecule has 0 radical (unpaired) electrons. The van der Waals surface area contributed by atoms with Gasteiger partial charge in [0.25, 0.3) is 0 Å². The molecule has 3 nitrogen and oxygen atoms in total. The quantitative estimate of drug-likeness (QED) is 0.851. The van der Waals surface area contributed by atoms with Gasteiger partial charge in [-0.15, -0.1) is 0 Å². The third-order valence-corrected chi connectivity index (χ3v) is 5.85. The number of ether oxygens (including phenoxy) is 2. The monoisotopic (exact) mass is 271 g/mol. The van der Waals surface area contributed by atoms with Crippen molar-refractivity contribution in [2.75, 3.05) is 37.9 Å². The highest BCUT2D eigenvalue weighted by Gasteiger charge is 2.38. The first kappa shape index (κ1) is 13.2. The fourth-order valence-electron chi connectivity index (χ4n) is 3.37. The zero-order chi connectivity index (χ0) is 12.3. The molecule has 2 atom stereocenters. The van der Waals surface area contributed by atoms with Crippen molar-refractivity contribution in [1.29, 1.82) is 0 Å². The zero-order valence-electron chi connectivity index (χ0n) is 11.2. The minimum Gasteiger partial charge on any atom is -0.381 e. The molecular weight excluding hydrogens is 246 g/mol. The molecule has 3 saturated heterocycles. The molecule has 3 aliphatic heterocycles. The van der Waals surface area contributed by atoms with Crippen LogP contribution >= 0.6 is 11.8 Å². The molecule has 4 heteroatoms. The summed E-state index contributed by atoms with van der Waals surface area (Å²) in [5.74, 6) is 3.62. The van der Waals surface area contributed by atoms with E-state index in [0.29, 0.717) is 6.04 Å². The Morgan fingerprint density at radius 3 is 2.83 bits per heavy atom. The molecule has 104 valence electrons. The summed E-state index contributed by atoms with van der Waals surface area (Å²) in [5.41, 5.74) is 0.137. The fraction of sp³-hybridized carbons (Fsp3) is 1.00. The van der Waals surface area contributed by atoms with E-state index in [0.717, 1.165) is 38.6 Å². The van der Waals surface area contributed by atoms with E-state index in [1.54, 1.807) is 0 Å². The second kappa shape index (κ2) is 6.12. The van der Waals surface area contributed by atoms with Gasteiger partial charge in [-0.2, -0.15) is 11.8 Å². The Labute approximate surface area is 114 Å². The van der Waals surface area contributed by atoms with E-state index in [1.165, 1.54) is 37.3 Å². The lowest BCUT2D eigenvalue weighted by Gasteiger charge is -2.43. The van der Waals surface area contributed by atoms with E-state index in [2.05, 4.69) is 17.1 Å². The van der Waals surface area contributed by atoms with Gasteiger partial charge < -0.3 is 14.8 Å². The largest absolute Gasteiger partial charge is 0.381 e. The van der Waals surface area contributed by atoms with E-state index in [4.69, 9.17) is 9.47 Å². The summed E-state index contributed by atoms with van der Waals surface area (Å²) < 4.78 is 11.6. The highest BCUT2D eigenvalue weighted by molar-refractivity contribution is 7.99. The Bertz CT molecular complexity index is 257. The lowest BCUT2D eigenvalue weighted by Crippen LogP contribution is -2.50. The second-order valence-electron chi connectivity index (χ2n) is 5.97. The van der Waals surface area contributed by atoms with E-state index in [1.807, 2.05) is 0 Å². The summed E-state index contributed by atoms with van der Waals surface area (Å²) in [6.45, 7) is 3.90. The van der Waals surface area contributed by atoms with Crippen LogP contribution in [-0.2, 0) is 9.47 Å². The van der Waals surface area contributed by atoms with Gasteiger partial charge in [0.05, 0.1) is 5.60 Å².